The van der Waals surface area contributed by atoms with Gasteiger partial charge in [-0.05, 0) is 18.6 Å². The number of sulfonamides is 1. The van der Waals surface area contributed by atoms with E-state index in [4.69, 9.17) is 5.11 Å². The molecule has 0 bridgehead atoms. The lowest BCUT2D eigenvalue weighted by atomic mass is 10.2. The number of pyridine rings is 1. The van der Waals surface area contributed by atoms with Gasteiger partial charge in [0.05, 0.1) is 5.52 Å². The van der Waals surface area contributed by atoms with Gasteiger partial charge in [0.15, 0.2) is 0 Å². The number of aromatic nitrogens is 1. The van der Waals surface area contributed by atoms with Crippen LogP contribution in [0.3, 0.4) is 0 Å². The summed E-state index contributed by atoms with van der Waals surface area (Å²) in [6, 6.07) is 8.34. The minimum Gasteiger partial charge on any atom is -0.480 e. The Balaban J connectivity index is 2.56. The number of benzene rings is 1. The summed E-state index contributed by atoms with van der Waals surface area (Å²) in [4.78, 5) is 15.1. The molecule has 21 heavy (non-hydrogen) atoms. The molecule has 1 aromatic heterocycles. The minimum atomic E-state index is -3.89. The first-order valence-electron chi connectivity index (χ1n) is 6.52. The van der Waals surface area contributed by atoms with Gasteiger partial charge in [0, 0.05) is 18.1 Å². The van der Waals surface area contributed by atoms with E-state index in [-0.39, 0.29) is 11.4 Å². The molecule has 1 heterocycles. The quantitative estimate of drug-likeness (QED) is 0.878. The fourth-order valence-electron chi connectivity index (χ4n) is 2.11. The summed E-state index contributed by atoms with van der Waals surface area (Å²) >= 11 is 0. The Kier molecular flexibility index (Phi) is 4.54. The largest absolute Gasteiger partial charge is 0.480 e. The summed E-state index contributed by atoms with van der Waals surface area (Å²) in [6.45, 7) is 1.39. The molecule has 0 unspecified atom stereocenters. The van der Waals surface area contributed by atoms with Crippen LogP contribution in [0.2, 0.25) is 0 Å². The first kappa shape index (κ1) is 15.4. The van der Waals surface area contributed by atoms with Crippen molar-refractivity contribution >= 4 is 26.9 Å². The van der Waals surface area contributed by atoms with E-state index < -0.39 is 22.5 Å². The van der Waals surface area contributed by atoms with Gasteiger partial charge in [0.2, 0.25) is 10.0 Å². The van der Waals surface area contributed by atoms with Crippen LogP contribution in [0, 0.1) is 0 Å². The van der Waals surface area contributed by atoms with Crippen molar-refractivity contribution in [3.05, 3.63) is 36.5 Å². The van der Waals surface area contributed by atoms with E-state index in [1.54, 1.807) is 31.2 Å². The van der Waals surface area contributed by atoms with Crippen LogP contribution >= 0.6 is 0 Å². The summed E-state index contributed by atoms with van der Waals surface area (Å²) < 4.78 is 26.4. The van der Waals surface area contributed by atoms with Crippen LogP contribution in [0.1, 0.15) is 13.3 Å². The van der Waals surface area contributed by atoms with Crippen LogP contribution in [0.5, 0.6) is 0 Å². The fraction of sp³-hybridized carbons (Fsp3) is 0.286. The molecule has 0 amide bonds. The zero-order chi connectivity index (χ0) is 15.5. The molecule has 0 spiro atoms. The summed E-state index contributed by atoms with van der Waals surface area (Å²) in [5.41, 5.74) is 0.353. The number of fused-ring (bicyclic) bond motifs is 1. The Hall–Kier alpha value is -1.99. The topological polar surface area (TPSA) is 87.6 Å². The van der Waals surface area contributed by atoms with Gasteiger partial charge in [-0.3, -0.25) is 9.78 Å². The van der Waals surface area contributed by atoms with Crippen molar-refractivity contribution in [2.45, 2.75) is 18.2 Å². The summed E-state index contributed by atoms with van der Waals surface area (Å²) in [5, 5.41) is 9.61. The molecule has 0 aliphatic carbocycles. The Bertz CT molecular complexity index is 753. The lowest BCUT2D eigenvalue weighted by Crippen LogP contribution is -2.36. The van der Waals surface area contributed by atoms with E-state index in [1.807, 2.05) is 0 Å². The maximum Gasteiger partial charge on any atom is 0.318 e. The zero-order valence-corrected chi connectivity index (χ0v) is 12.4. The van der Waals surface area contributed by atoms with E-state index in [0.29, 0.717) is 17.3 Å². The molecule has 0 aliphatic heterocycles. The van der Waals surface area contributed by atoms with Crippen molar-refractivity contribution in [3.8, 4) is 0 Å². The summed E-state index contributed by atoms with van der Waals surface area (Å²) in [6.07, 6.45) is 2.05. The molecular formula is C14H16N2O4S. The van der Waals surface area contributed by atoms with E-state index >= 15 is 0 Å². The van der Waals surface area contributed by atoms with E-state index in [2.05, 4.69) is 4.98 Å². The second-order valence-corrected chi connectivity index (χ2v) is 6.47. The number of nitrogens with zero attached hydrogens (tertiary/aromatic N) is 2. The molecule has 112 valence electrons. The van der Waals surface area contributed by atoms with Gasteiger partial charge in [-0.15, -0.1) is 0 Å². The van der Waals surface area contributed by atoms with Gasteiger partial charge in [-0.25, -0.2) is 8.42 Å². The molecule has 0 saturated heterocycles. The number of carboxylic acids is 1. The Labute approximate surface area is 123 Å². The normalized spacial score (nSPS) is 11.9. The summed E-state index contributed by atoms with van der Waals surface area (Å²) in [7, 11) is -3.89. The van der Waals surface area contributed by atoms with Crippen molar-refractivity contribution in [3.63, 3.8) is 0 Å². The Morgan fingerprint density at radius 3 is 2.67 bits per heavy atom. The van der Waals surface area contributed by atoms with Gasteiger partial charge >= 0.3 is 5.97 Å². The van der Waals surface area contributed by atoms with Crippen LogP contribution in [-0.2, 0) is 14.8 Å². The number of para-hydroxylation sites is 1. The van der Waals surface area contributed by atoms with Crippen molar-refractivity contribution in [2.24, 2.45) is 0 Å². The summed E-state index contributed by atoms with van der Waals surface area (Å²) in [5.74, 6) is -1.18. The lowest BCUT2D eigenvalue weighted by Gasteiger charge is -2.20. The third-order valence-corrected chi connectivity index (χ3v) is 4.87. The van der Waals surface area contributed by atoms with Crippen molar-refractivity contribution in [1.29, 1.82) is 0 Å². The second-order valence-electron chi connectivity index (χ2n) is 4.56. The first-order chi connectivity index (χ1) is 9.96. The van der Waals surface area contributed by atoms with Crippen LogP contribution < -0.4 is 0 Å². The highest BCUT2D eigenvalue weighted by molar-refractivity contribution is 7.89. The third-order valence-electron chi connectivity index (χ3n) is 3.00. The van der Waals surface area contributed by atoms with Gasteiger partial charge in [-0.2, -0.15) is 4.31 Å². The molecular weight excluding hydrogens is 292 g/mol. The van der Waals surface area contributed by atoms with Crippen molar-refractivity contribution < 1.29 is 18.3 Å². The van der Waals surface area contributed by atoms with Gasteiger partial charge in [0.1, 0.15) is 11.4 Å². The van der Waals surface area contributed by atoms with Crippen LogP contribution in [0.25, 0.3) is 10.9 Å². The monoisotopic (exact) mass is 308 g/mol. The molecule has 0 aliphatic rings. The molecule has 0 fully saturated rings. The van der Waals surface area contributed by atoms with Gasteiger partial charge in [-0.1, -0.05) is 25.1 Å². The smallest absolute Gasteiger partial charge is 0.318 e. The maximum atomic E-state index is 12.7. The molecule has 0 atom stereocenters. The highest BCUT2D eigenvalue weighted by atomic mass is 32.2. The number of rotatable bonds is 6. The Morgan fingerprint density at radius 2 is 2.00 bits per heavy atom. The molecule has 7 heteroatoms. The number of hydrogen-bond donors (Lipinski definition) is 1. The highest BCUT2D eigenvalue weighted by Gasteiger charge is 2.27. The predicted molar refractivity (Wildman–Crippen MR) is 78.4 cm³/mol. The van der Waals surface area contributed by atoms with E-state index in [0.717, 1.165) is 4.31 Å². The van der Waals surface area contributed by atoms with E-state index in [9.17, 15) is 13.2 Å². The molecule has 1 N–H and O–H groups in total. The highest BCUT2D eigenvalue weighted by Crippen LogP contribution is 2.24. The van der Waals surface area contributed by atoms with Gasteiger partial charge in [0.25, 0.3) is 0 Å². The zero-order valence-electron chi connectivity index (χ0n) is 11.6. The first-order valence-corrected chi connectivity index (χ1v) is 7.96. The SMILES string of the molecule is CCCN(CC(=O)O)S(=O)(=O)c1cccc2cccnc12. The maximum absolute atomic E-state index is 12.7. The third kappa shape index (κ3) is 3.20. The average molecular weight is 308 g/mol. The minimum absolute atomic E-state index is 0.0373. The number of aliphatic carboxylic acids is 1. The van der Waals surface area contributed by atoms with Crippen molar-refractivity contribution in [2.75, 3.05) is 13.1 Å². The molecule has 2 aromatic rings. The molecule has 2 rings (SSSR count). The number of carboxylic acid groups (broad SMARTS) is 1. The van der Waals surface area contributed by atoms with Crippen LogP contribution in [-0.4, -0.2) is 41.9 Å². The number of carbonyl (C=O) groups is 1. The molecule has 0 saturated carbocycles. The van der Waals surface area contributed by atoms with Gasteiger partial charge < -0.3 is 5.11 Å². The molecule has 6 nitrogen and oxygen atoms in total. The predicted octanol–water partition coefficient (Wildman–Crippen LogP) is 1.72. The van der Waals surface area contributed by atoms with Crippen LogP contribution in [0.4, 0.5) is 0 Å². The Morgan fingerprint density at radius 1 is 1.29 bits per heavy atom. The van der Waals surface area contributed by atoms with Crippen LogP contribution in [0.15, 0.2) is 41.4 Å². The second kappa shape index (κ2) is 6.19. The standard InChI is InChI=1S/C14H16N2O4S/c1-2-9-16(10-13(17)18)21(19,20)12-7-3-5-11-6-4-8-15-14(11)12/h3-8H,2,9-10H2,1H3,(H,17,18). The lowest BCUT2D eigenvalue weighted by molar-refractivity contribution is -0.137. The fourth-order valence-corrected chi connectivity index (χ4v) is 3.75. The molecule has 0 radical (unpaired) electrons. The van der Waals surface area contributed by atoms with Crippen molar-refractivity contribution in [1.82, 2.24) is 9.29 Å². The average Bonchev–Trinajstić information content (AvgIpc) is 2.45. The van der Waals surface area contributed by atoms with E-state index in [1.165, 1.54) is 12.3 Å². The molecule has 1 aromatic carbocycles. The number of hydrogen-bond acceptors (Lipinski definition) is 4.